The van der Waals surface area contributed by atoms with Gasteiger partial charge in [0.1, 0.15) is 5.82 Å². The minimum Gasteiger partial charge on any atom is -0.349 e. The third-order valence-corrected chi connectivity index (χ3v) is 3.12. The summed E-state index contributed by atoms with van der Waals surface area (Å²) >= 11 is 1.48. The van der Waals surface area contributed by atoms with Crippen molar-refractivity contribution in [1.82, 2.24) is 14.7 Å². The van der Waals surface area contributed by atoms with E-state index in [9.17, 15) is 0 Å². The lowest BCUT2D eigenvalue weighted by molar-refractivity contribution is 0.554. The molecule has 0 bridgehead atoms. The van der Waals surface area contributed by atoms with Gasteiger partial charge in [-0.1, -0.05) is 27.7 Å². The second-order valence-electron chi connectivity index (χ2n) is 4.93. The maximum absolute atomic E-state index is 4.57. The lowest BCUT2D eigenvalue weighted by Crippen LogP contribution is -2.29. The third-order valence-electron chi connectivity index (χ3n) is 2.29. The average molecular weight is 242 g/mol. The van der Waals surface area contributed by atoms with Crippen molar-refractivity contribution in [1.29, 1.82) is 0 Å². The van der Waals surface area contributed by atoms with E-state index in [0.717, 1.165) is 30.6 Å². The zero-order valence-electron chi connectivity index (χ0n) is 10.9. The molecule has 4 nitrogen and oxygen atoms in total. The largest absolute Gasteiger partial charge is 0.349 e. The first-order valence-corrected chi connectivity index (χ1v) is 6.48. The van der Waals surface area contributed by atoms with Gasteiger partial charge in [0.15, 0.2) is 0 Å². The smallest absolute Gasteiger partial charge is 0.205 e. The highest BCUT2D eigenvalue weighted by molar-refractivity contribution is 7.09. The van der Waals surface area contributed by atoms with Crippen LogP contribution in [0.1, 0.15) is 33.5 Å². The zero-order valence-corrected chi connectivity index (χ0v) is 11.7. The van der Waals surface area contributed by atoms with Gasteiger partial charge in [-0.05, 0) is 6.54 Å². The summed E-state index contributed by atoms with van der Waals surface area (Å²) < 4.78 is 4.41. The molecule has 0 saturated carbocycles. The van der Waals surface area contributed by atoms with Crippen LogP contribution in [0, 0.1) is 0 Å². The van der Waals surface area contributed by atoms with Gasteiger partial charge < -0.3 is 10.2 Å². The molecule has 1 heterocycles. The second-order valence-corrected chi connectivity index (χ2v) is 5.66. The minimum absolute atomic E-state index is 0.0389. The highest BCUT2D eigenvalue weighted by atomic mass is 32.1. The first-order valence-electron chi connectivity index (χ1n) is 5.71. The first-order chi connectivity index (χ1) is 7.45. The van der Waals surface area contributed by atoms with Crippen molar-refractivity contribution in [2.45, 2.75) is 33.1 Å². The van der Waals surface area contributed by atoms with Gasteiger partial charge in [0.25, 0.3) is 0 Å². The molecule has 5 heteroatoms. The van der Waals surface area contributed by atoms with Crippen LogP contribution in [0.4, 0.5) is 5.13 Å². The third kappa shape index (κ3) is 3.72. The fraction of sp³-hybridized carbons (Fsp3) is 0.818. The number of hydrogen-bond acceptors (Lipinski definition) is 5. The van der Waals surface area contributed by atoms with Crippen LogP contribution < -0.4 is 10.2 Å². The Morgan fingerprint density at radius 2 is 2.06 bits per heavy atom. The summed E-state index contributed by atoms with van der Waals surface area (Å²) in [6.07, 6.45) is 0. The predicted molar refractivity (Wildman–Crippen MR) is 70.4 cm³/mol. The van der Waals surface area contributed by atoms with Crippen molar-refractivity contribution in [3.8, 4) is 0 Å². The van der Waals surface area contributed by atoms with Crippen molar-refractivity contribution in [3.05, 3.63) is 5.82 Å². The highest BCUT2D eigenvalue weighted by Gasteiger charge is 2.20. The summed E-state index contributed by atoms with van der Waals surface area (Å²) in [5.74, 6) is 0.933. The summed E-state index contributed by atoms with van der Waals surface area (Å²) in [4.78, 5) is 6.71. The molecule has 0 spiro atoms. The number of hydrogen-bond donors (Lipinski definition) is 1. The Kier molecular flexibility index (Phi) is 4.68. The van der Waals surface area contributed by atoms with E-state index in [4.69, 9.17) is 0 Å². The van der Waals surface area contributed by atoms with E-state index in [2.05, 4.69) is 54.3 Å². The topological polar surface area (TPSA) is 41.0 Å². The van der Waals surface area contributed by atoms with Crippen LogP contribution in [0.25, 0.3) is 0 Å². The lowest BCUT2D eigenvalue weighted by Gasteiger charge is -2.16. The number of likely N-dealkylation sites (N-methyl/N-ethyl adjacent to an activating group) is 2. The van der Waals surface area contributed by atoms with Crippen LogP contribution in [0.2, 0.25) is 0 Å². The predicted octanol–water partition coefficient (Wildman–Crippen LogP) is 1.88. The van der Waals surface area contributed by atoms with Gasteiger partial charge in [0, 0.05) is 37.1 Å². The molecule has 0 aromatic carbocycles. The molecular formula is C11H22N4S. The Morgan fingerprint density at radius 1 is 1.38 bits per heavy atom. The van der Waals surface area contributed by atoms with Crippen LogP contribution in [0.15, 0.2) is 0 Å². The number of nitrogens with one attached hydrogen (secondary N) is 1. The van der Waals surface area contributed by atoms with Gasteiger partial charge in [-0.25, -0.2) is 4.98 Å². The van der Waals surface area contributed by atoms with E-state index in [-0.39, 0.29) is 5.41 Å². The standard InChI is InChI=1S/C11H22N4S/c1-6-12-7-8-15(5)10-13-9(14-16-10)11(2,3)4/h12H,6-8H2,1-5H3. The highest BCUT2D eigenvalue weighted by Crippen LogP contribution is 2.24. The maximum atomic E-state index is 4.57. The van der Waals surface area contributed by atoms with Crippen LogP contribution in [-0.2, 0) is 5.41 Å². The van der Waals surface area contributed by atoms with Crippen molar-refractivity contribution in [3.63, 3.8) is 0 Å². The van der Waals surface area contributed by atoms with Crippen molar-refractivity contribution in [2.24, 2.45) is 0 Å². The average Bonchev–Trinajstić information content (AvgIpc) is 2.66. The van der Waals surface area contributed by atoms with E-state index in [1.165, 1.54) is 11.5 Å². The Balaban J connectivity index is 2.56. The number of rotatable bonds is 5. The zero-order chi connectivity index (χ0) is 12.2. The molecule has 1 aromatic rings. The molecule has 0 atom stereocenters. The molecule has 0 amide bonds. The van der Waals surface area contributed by atoms with Crippen LogP contribution in [0.3, 0.4) is 0 Å². The fourth-order valence-corrected chi connectivity index (χ4v) is 2.04. The van der Waals surface area contributed by atoms with E-state index < -0.39 is 0 Å². The molecule has 0 fully saturated rings. The fourth-order valence-electron chi connectivity index (χ4n) is 1.19. The molecule has 0 aliphatic heterocycles. The van der Waals surface area contributed by atoms with Gasteiger partial charge in [-0.2, -0.15) is 4.37 Å². The van der Waals surface area contributed by atoms with Crippen LogP contribution in [0.5, 0.6) is 0 Å². The van der Waals surface area contributed by atoms with E-state index in [0.29, 0.717) is 0 Å². The number of aromatic nitrogens is 2. The van der Waals surface area contributed by atoms with Crippen LogP contribution in [-0.4, -0.2) is 36.0 Å². The maximum Gasteiger partial charge on any atom is 0.205 e. The van der Waals surface area contributed by atoms with E-state index >= 15 is 0 Å². The van der Waals surface area contributed by atoms with E-state index in [1.54, 1.807) is 0 Å². The molecule has 0 unspecified atom stereocenters. The number of anilines is 1. The van der Waals surface area contributed by atoms with E-state index in [1.807, 2.05) is 0 Å². The summed E-state index contributed by atoms with van der Waals surface area (Å²) in [6.45, 7) is 11.5. The Morgan fingerprint density at radius 3 is 2.56 bits per heavy atom. The normalized spacial score (nSPS) is 11.8. The van der Waals surface area contributed by atoms with Gasteiger partial charge >= 0.3 is 0 Å². The second kappa shape index (κ2) is 5.59. The van der Waals surface area contributed by atoms with Crippen molar-refractivity contribution in [2.75, 3.05) is 31.6 Å². The Hall–Kier alpha value is -0.680. The van der Waals surface area contributed by atoms with Crippen molar-refractivity contribution >= 4 is 16.7 Å². The molecule has 0 aliphatic rings. The molecule has 0 saturated heterocycles. The summed E-state index contributed by atoms with van der Waals surface area (Å²) in [7, 11) is 2.06. The molecule has 0 radical (unpaired) electrons. The number of nitrogens with zero attached hydrogens (tertiary/aromatic N) is 3. The quantitative estimate of drug-likeness (QED) is 0.801. The Bertz CT molecular complexity index is 316. The molecule has 1 aromatic heterocycles. The first kappa shape index (κ1) is 13.4. The Labute approximate surface area is 102 Å². The molecular weight excluding hydrogens is 220 g/mol. The minimum atomic E-state index is 0.0389. The lowest BCUT2D eigenvalue weighted by atomic mass is 9.96. The van der Waals surface area contributed by atoms with Gasteiger partial charge in [-0.3, -0.25) is 0 Å². The molecule has 1 rings (SSSR count). The molecule has 16 heavy (non-hydrogen) atoms. The van der Waals surface area contributed by atoms with Crippen LogP contribution >= 0.6 is 11.5 Å². The van der Waals surface area contributed by atoms with Gasteiger partial charge in [0.2, 0.25) is 5.13 Å². The molecule has 1 N–H and O–H groups in total. The van der Waals surface area contributed by atoms with Gasteiger partial charge in [-0.15, -0.1) is 0 Å². The van der Waals surface area contributed by atoms with Crippen molar-refractivity contribution < 1.29 is 0 Å². The summed E-state index contributed by atoms with van der Waals surface area (Å²) in [5.41, 5.74) is 0.0389. The molecule has 92 valence electrons. The summed E-state index contributed by atoms with van der Waals surface area (Å²) in [5, 5.41) is 4.30. The monoisotopic (exact) mass is 242 g/mol. The SMILES string of the molecule is CCNCCN(C)c1nc(C(C)(C)C)ns1. The van der Waals surface area contributed by atoms with Gasteiger partial charge in [0.05, 0.1) is 0 Å². The summed E-state index contributed by atoms with van der Waals surface area (Å²) in [6, 6.07) is 0. The molecule has 0 aliphatic carbocycles.